The number of nitrogens with zero attached hydrogens (tertiary/aromatic N) is 2. The highest BCUT2D eigenvalue weighted by molar-refractivity contribution is 6.32. The minimum Gasteiger partial charge on any atom is -0.366 e. The molecule has 4 N–H and O–H groups in total. The van der Waals surface area contributed by atoms with Crippen molar-refractivity contribution in [1.29, 1.82) is 0 Å². The summed E-state index contributed by atoms with van der Waals surface area (Å²) in [6.07, 6.45) is 7.78. The molecule has 0 saturated heterocycles. The maximum absolute atomic E-state index is 6.11. The Morgan fingerprint density at radius 3 is 2.94 bits per heavy atom. The lowest BCUT2D eigenvalue weighted by atomic mass is 9.83. The molecule has 1 heterocycles. The van der Waals surface area contributed by atoms with Crippen LogP contribution in [0, 0.1) is 5.92 Å². The minimum absolute atomic E-state index is 0.380. The molecular formula is C12H20ClN5. The minimum atomic E-state index is 0.380. The number of hydrazine groups is 1. The maximum atomic E-state index is 6.11. The first-order chi connectivity index (χ1) is 8.74. The zero-order valence-corrected chi connectivity index (χ0v) is 11.4. The van der Waals surface area contributed by atoms with Crippen molar-refractivity contribution in [3.63, 3.8) is 0 Å². The molecule has 0 amide bonds. The molecule has 100 valence electrons. The maximum Gasteiger partial charge on any atom is 0.239 e. The Kier molecular flexibility index (Phi) is 4.60. The largest absolute Gasteiger partial charge is 0.366 e. The van der Waals surface area contributed by atoms with Crippen LogP contribution in [0.5, 0.6) is 0 Å². The van der Waals surface area contributed by atoms with Gasteiger partial charge in [0.1, 0.15) is 5.02 Å². The van der Waals surface area contributed by atoms with Crippen LogP contribution >= 0.6 is 11.6 Å². The van der Waals surface area contributed by atoms with Gasteiger partial charge in [0.25, 0.3) is 0 Å². The molecule has 1 aliphatic carbocycles. The Morgan fingerprint density at radius 1 is 1.44 bits per heavy atom. The summed E-state index contributed by atoms with van der Waals surface area (Å²) in [5.74, 6) is 7.05. The van der Waals surface area contributed by atoms with Gasteiger partial charge >= 0.3 is 0 Å². The number of halogens is 1. The monoisotopic (exact) mass is 269 g/mol. The van der Waals surface area contributed by atoms with Crippen molar-refractivity contribution in [3.05, 3.63) is 11.2 Å². The van der Waals surface area contributed by atoms with Crippen LogP contribution in [-0.4, -0.2) is 16.0 Å². The summed E-state index contributed by atoms with van der Waals surface area (Å²) in [5, 5.41) is 3.98. The first kappa shape index (κ1) is 13.4. The Labute approximate surface area is 112 Å². The normalized spacial score (nSPS) is 23.7. The molecule has 2 unspecified atom stereocenters. The average molecular weight is 270 g/mol. The molecule has 1 fully saturated rings. The van der Waals surface area contributed by atoms with Crippen molar-refractivity contribution >= 4 is 23.4 Å². The predicted molar refractivity (Wildman–Crippen MR) is 74.5 cm³/mol. The van der Waals surface area contributed by atoms with E-state index in [9.17, 15) is 0 Å². The van der Waals surface area contributed by atoms with E-state index in [2.05, 4.69) is 27.6 Å². The van der Waals surface area contributed by atoms with Gasteiger partial charge in [0.15, 0.2) is 5.82 Å². The third-order valence-electron chi connectivity index (χ3n) is 3.63. The summed E-state index contributed by atoms with van der Waals surface area (Å²) in [6.45, 7) is 2.24. The third-order valence-corrected chi connectivity index (χ3v) is 3.91. The van der Waals surface area contributed by atoms with Crippen molar-refractivity contribution in [3.8, 4) is 0 Å². The molecule has 5 nitrogen and oxygen atoms in total. The summed E-state index contributed by atoms with van der Waals surface area (Å²) in [4.78, 5) is 8.23. The molecule has 2 atom stereocenters. The molecule has 18 heavy (non-hydrogen) atoms. The van der Waals surface area contributed by atoms with E-state index in [0.29, 0.717) is 28.7 Å². The Balaban J connectivity index is 2.11. The van der Waals surface area contributed by atoms with Gasteiger partial charge in [-0.3, -0.25) is 5.43 Å². The Morgan fingerprint density at radius 2 is 2.22 bits per heavy atom. The van der Waals surface area contributed by atoms with E-state index in [1.54, 1.807) is 6.20 Å². The number of hydrogen-bond acceptors (Lipinski definition) is 5. The number of nitrogens with one attached hydrogen (secondary N) is 2. The summed E-state index contributed by atoms with van der Waals surface area (Å²) in [6, 6.07) is 0.446. The van der Waals surface area contributed by atoms with Gasteiger partial charge in [-0.05, 0) is 18.8 Å². The van der Waals surface area contributed by atoms with E-state index in [1.165, 1.54) is 32.1 Å². The van der Waals surface area contributed by atoms with Crippen molar-refractivity contribution in [2.75, 3.05) is 10.7 Å². The van der Waals surface area contributed by atoms with Crippen LogP contribution in [0.2, 0.25) is 5.02 Å². The highest BCUT2D eigenvalue weighted by Gasteiger charge is 2.24. The predicted octanol–water partition coefficient (Wildman–Crippen LogP) is 2.80. The lowest BCUT2D eigenvalue weighted by Crippen LogP contribution is -2.32. The van der Waals surface area contributed by atoms with E-state index in [1.807, 2.05) is 0 Å². The number of nitrogen functional groups attached to an aromatic ring is 1. The molecule has 6 heteroatoms. The van der Waals surface area contributed by atoms with Crippen LogP contribution in [0.1, 0.15) is 39.0 Å². The lowest BCUT2D eigenvalue weighted by Gasteiger charge is -2.32. The fourth-order valence-electron chi connectivity index (χ4n) is 2.60. The van der Waals surface area contributed by atoms with Crippen LogP contribution in [0.25, 0.3) is 0 Å². The standard InChI is InChI=1S/C12H20ClN5/c1-2-8-5-3-4-6-10(8)16-11-9(13)7-15-12(17-11)18-14/h7-8,10H,2-6,14H2,1H3,(H2,15,16,17,18). The second-order valence-electron chi connectivity index (χ2n) is 4.74. The molecule has 0 aromatic carbocycles. The topological polar surface area (TPSA) is 75.9 Å². The van der Waals surface area contributed by atoms with Crippen LogP contribution in [0.4, 0.5) is 11.8 Å². The molecule has 0 aliphatic heterocycles. The lowest BCUT2D eigenvalue weighted by molar-refractivity contribution is 0.317. The van der Waals surface area contributed by atoms with Gasteiger partial charge < -0.3 is 5.32 Å². The highest BCUT2D eigenvalue weighted by atomic mass is 35.5. The summed E-state index contributed by atoms with van der Waals surface area (Å²) in [7, 11) is 0. The van der Waals surface area contributed by atoms with Crippen LogP contribution < -0.4 is 16.6 Å². The third kappa shape index (κ3) is 3.03. The van der Waals surface area contributed by atoms with E-state index in [-0.39, 0.29) is 0 Å². The van der Waals surface area contributed by atoms with Gasteiger partial charge in [0, 0.05) is 6.04 Å². The van der Waals surface area contributed by atoms with Gasteiger partial charge in [-0.2, -0.15) is 4.98 Å². The quantitative estimate of drug-likeness (QED) is 0.579. The van der Waals surface area contributed by atoms with Crippen LogP contribution in [0.15, 0.2) is 6.20 Å². The molecular weight excluding hydrogens is 250 g/mol. The zero-order chi connectivity index (χ0) is 13.0. The van der Waals surface area contributed by atoms with Crippen molar-refractivity contribution in [2.24, 2.45) is 11.8 Å². The van der Waals surface area contributed by atoms with E-state index < -0.39 is 0 Å². The van der Waals surface area contributed by atoms with Crippen molar-refractivity contribution in [2.45, 2.75) is 45.1 Å². The van der Waals surface area contributed by atoms with Gasteiger partial charge in [-0.15, -0.1) is 0 Å². The molecule has 0 spiro atoms. The summed E-state index contributed by atoms with van der Waals surface area (Å²) < 4.78 is 0. The van der Waals surface area contributed by atoms with Crippen LogP contribution in [0.3, 0.4) is 0 Å². The second-order valence-corrected chi connectivity index (χ2v) is 5.15. The van der Waals surface area contributed by atoms with Crippen LogP contribution in [-0.2, 0) is 0 Å². The fourth-order valence-corrected chi connectivity index (χ4v) is 2.75. The van der Waals surface area contributed by atoms with Gasteiger partial charge in [-0.25, -0.2) is 10.8 Å². The van der Waals surface area contributed by atoms with E-state index >= 15 is 0 Å². The summed E-state index contributed by atoms with van der Waals surface area (Å²) in [5.41, 5.74) is 2.44. The number of hydrogen-bond donors (Lipinski definition) is 3. The number of rotatable bonds is 4. The second kappa shape index (κ2) is 6.20. The first-order valence-corrected chi connectivity index (χ1v) is 6.88. The van der Waals surface area contributed by atoms with Crippen molar-refractivity contribution in [1.82, 2.24) is 9.97 Å². The Bertz CT molecular complexity index is 398. The molecule has 1 aliphatic rings. The summed E-state index contributed by atoms with van der Waals surface area (Å²) >= 11 is 6.11. The molecule has 2 rings (SSSR count). The molecule has 1 saturated carbocycles. The highest BCUT2D eigenvalue weighted by Crippen LogP contribution is 2.30. The zero-order valence-electron chi connectivity index (χ0n) is 10.6. The molecule has 0 radical (unpaired) electrons. The smallest absolute Gasteiger partial charge is 0.239 e. The van der Waals surface area contributed by atoms with E-state index in [0.717, 1.165) is 0 Å². The van der Waals surface area contributed by atoms with Gasteiger partial charge in [0.2, 0.25) is 5.95 Å². The first-order valence-electron chi connectivity index (χ1n) is 6.50. The molecule has 0 bridgehead atoms. The van der Waals surface area contributed by atoms with Gasteiger partial charge in [0.05, 0.1) is 6.20 Å². The Hall–Kier alpha value is -1.07. The van der Waals surface area contributed by atoms with E-state index in [4.69, 9.17) is 17.4 Å². The number of nitrogens with two attached hydrogens (primary N) is 1. The number of anilines is 2. The molecule has 1 aromatic rings. The van der Waals surface area contributed by atoms with Crippen molar-refractivity contribution < 1.29 is 0 Å². The molecule has 1 aromatic heterocycles. The SMILES string of the molecule is CCC1CCCCC1Nc1nc(NN)ncc1Cl. The van der Waals surface area contributed by atoms with Gasteiger partial charge in [-0.1, -0.05) is 37.8 Å². The number of aromatic nitrogens is 2. The fraction of sp³-hybridized carbons (Fsp3) is 0.667. The average Bonchev–Trinajstić information content (AvgIpc) is 2.42.